The summed E-state index contributed by atoms with van der Waals surface area (Å²) in [7, 11) is 0. The summed E-state index contributed by atoms with van der Waals surface area (Å²) in [6.07, 6.45) is 6.08. The fourth-order valence-corrected chi connectivity index (χ4v) is 5.66. The van der Waals surface area contributed by atoms with Gasteiger partial charge >= 0.3 is 0 Å². The number of benzene rings is 1. The largest absolute Gasteiger partial charge is 0.342 e. The normalized spacial score (nSPS) is 29.1. The van der Waals surface area contributed by atoms with Crippen LogP contribution in [0.3, 0.4) is 0 Å². The van der Waals surface area contributed by atoms with E-state index >= 15 is 0 Å². The van der Waals surface area contributed by atoms with Crippen molar-refractivity contribution < 1.29 is 23.1 Å². The van der Waals surface area contributed by atoms with Crippen LogP contribution in [-0.2, 0) is 14.3 Å². The minimum Gasteiger partial charge on any atom is -0.342 e. The van der Waals surface area contributed by atoms with E-state index in [1.165, 1.54) is 12.1 Å². The van der Waals surface area contributed by atoms with Gasteiger partial charge in [-0.05, 0) is 43.4 Å². The zero-order valence-corrected chi connectivity index (χ0v) is 16.4. The van der Waals surface area contributed by atoms with E-state index < -0.39 is 17.2 Å². The van der Waals surface area contributed by atoms with Crippen LogP contribution < -0.4 is 0 Å². The second-order valence-electron chi connectivity index (χ2n) is 8.88. The smallest absolute Gasteiger partial charge is 0.257 e. The maximum absolute atomic E-state index is 13.7. The Hall–Kier alpha value is -2.02. The summed E-state index contributed by atoms with van der Waals surface area (Å²) in [5, 5.41) is 0. The first-order valence-corrected chi connectivity index (χ1v) is 10.7. The summed E-state index contributed by atoms with van der Waals surface area (Å²) < 4.78 is 33.7. The molecule has 1 spiro atoms. The Morgan fingerprint density at radius 1 is 1.00 bits per heavy atom. The average molecular weight is 404 g/mol. The van der Waals surface area contributed by atoms with Crippen molar-refractivity contribution in [1.29, 1.82) is 0 Å². The molecule has 3 aliphatic heterocycles. The first-order valence-electron chi connectivity index (χ1n) is 10.7. The molecule has 2 amide bonds. The van der Waals surface area contributed by atoms with E-state index in [2.05, 4.69) is 0 Å². The van der Waals surface area contributed by atoms with Crippen LogP contribution in [0.25, 0.3) is 0 Å². The van der Waals surface area contributed by atoms with Gasteiger partial charge in [0.2, 0.25) is 5.91 Å². The number of fused-ring (bicyclic) bond motifs is 1. The molecule has 3 saturated heterocycles. The van der Waals surface area contributed by atoms with Crippen molar-refractivity contribution in [3.05, 3.63) is 35.4 Å². The lowest BCUT2D eigenvalue weighted by molar-refractivity contribution is -0.150. The van der Waals surface area contributed by atoms with Crippen LogP contribution in [0, 0.1) is 17.6 Å². The minimum absolute atomic E-state index is 0.0948. The standard InChI is InChI=1S/C22H26F2N2O3/c23-16-11-15(12-17(24)13-16)18-5-6-19-26(18)21(28)22(29-19)7-9-25(10-8-22)20(27)14-3-1-2-4-14/h11-14,18-19H,1-10H2. The van der Waals surface area contributed by atoms with Crippen molar-refractivity contribution in [2.24, 2.45) is 5.92 Å². The van der Waals surface area contributed by atoms with E-state index in [1.807, 2.05) is 4.90 Å². The molecule has 2 unspecified atom stereocenters. The van der Waals surface area contributed by atoms with Gasteiger partial charge in [-0.1, -0.05) is 12.8 Å². The van der Waals surface area contributed by atoms with E-state index in [9.17, 15) is 18.4 Å². The lowest BCUT2D eigenvalue weighted by Gasteiger charge is -2.38. The Morgan fingerprint density at radius 2 is 1.66 bits per heavy atom. The molecule has 29 heavy (non-hydrogen) atoms. The van der Waals surface area contributed by atoms with Gasteiger partial charge in [0.05, 0.1) is 6.04 Å². The topological polar surface area (TPSA) is 49.9 Å². The Kier molecular flexibility index (Phi) is 4.61. The van der Waals surface area contributed by atoms with Crippen LogP contribution in [0.4, 0.5) is 8.78 Å². The fraction of sp³-hybridized carbons (Fsp3) is 0.636. The second-order valence-corrected chi connectivity index (χ2v) is 8.88. The molecule has 156 valence electrons. The van der Waals surface area contributed by atoms with Crippen molar-refractivity contribution in [3.8, 4) is 0 Å². The van der Waals surface area contributed by atoms with Gasteiger partial charge in [0.1, 0.15) is 17.9 Å². The number of nitrogens with zero attached hydrogens (tertiary/aromatic N) is 2. The van der Waals surface area contributed by atoms with Gasteiger partial charge in [0.25, 0.3) is 5.91 Å². The Balaban J connectivity index is 1.30. The van der Waals surface area contributed by atoms with E-state index in [-0.39, 0.29) is 30.0 Å². The van der Waals surface area contributed by atoms with Crippen LogP contribution >= 0.6 is 0 Å². The molecule has 0 aromatic heterocycles. The molecule has 0 bridgehead atoms. The van der Waals surface area contributed by atoms with Gasteiger partial charge in [-0.25, -0.2) is 8.78 Å². The van der Waals surface area contributed by atoms with Crippen LogP contribution in [0.15, 0.2) is 18.2 Å². The highest BCUT2D eigenvalue weighted by molar-refractivity contribution is 5.88. The lowest BCUT2D eigenvalue weighted by atomic mass is 9.89. The van der Waals surface area contributed by atoms with Gasteiger partial charge < -0.3 is 14.5 Å². The van der Waals surface area contributed by atoms with E-state index in [0.717, 1.165) is 31.7 Å². The summed E-state index contributed by atoms with van der Waals surface area (Å²) in [5.41, 5.74) is -0.422. The summed E-state index contributed by atoms with van der Waals surface area (Å²) in [5.74, 6) is -1.01. The fourth-order valence-electron chi connectivity index (χ4n) is 5.66. The first-order chi connectivity index (χ1) is 14.0. The Labute approximate surface area is 169 Å². The molecule has 5 nitrogen and oxygen atoms in total. The van der Waals surface area contributed by atoms with Crippen molar-refractivity contribution in [1.82, 2.24) is 9.80 Å². The van der Waals surface area contributed by atoms with Crippen LogP contribution in [0.2, 0.25) is 0 Å². The maximum atomic E-state index is 13.7. The van der Waals surface area contributed by atoms with Crippen molar-refractivity contribution >= 4 is 11.8 Å². The van der Waals surface area contributed by atoms with E-state index in [0.29, 0.717) is 44.3 Å². The molecule has 5 rings (SSSR count). The van der Waals surface area contributed by atoms with E-state index in [4.69, 9.17) is 4.74 Å². The van der Waals surface area contributed by atoms with Crippen molar-refractivity contribution in [2.75, 3.05) is 13.1 Å². The summed E-state index contributed by atoms with van der Waals surface area (Å²) in [4.78, 5) is 29.6. The summed E-state index contributed by atoms with van der Waals surface area (Å²) in [6.45, 7) is 1.06. The quantitative estimate of drug-likeness (QED) is 0.758. The SMILES string of the molecule is O=C(C1CCCC1)N1CCC2(CC1)OC1CCC(c3cc(F)cc(F)c3)N1C2=O. The molecule has 1 aromatic carbocycles. The minimum atomic E-state index is -0.901. The predicted octanol–water partition coefficient (Wildman–Crippen LogP) is 3.54. The molecular weight excluding hydrogens is 378 g/mol. The molecule has 4 aliphatic rings. The number of likely N-dealkylation sites (tertiary alicyclic amines) is 1. The third-order valence-corrected chi connectivity index (χ3v) is 7.18. The Morgan fingerprint density at radius 3 is 2.31 bits per heavy atom. The highest BCUT2D eigenvalue weighted by Gasteiger charge is 2.58. The third kappa shape index (κ3) is 3.14. The number of hydrogen-bond donors (Lipinski definition) is 0. The molecule has 0 radical (unpaired) electrons. The molecule has 4 fully saturated rings. The highest BCUT2D eigenvalue weighted by atomic mass is 19.1. The third-order valence-electron chi connectivity index (χ3n) is 7.18. The molecule has 2 atom stereocenters. The van der Waals surface area contributed by atoms with Gasteiger partial charge in [0, 0.05) is 37.9 Å². The van der Waals surface area contributed by atoms with Gasteiger partial charge in [-0.3, -0.25) is 9.59 Å². The number of ether oxygens (including phenoxy) is 1. The Bertz CT molecular complexity index is 811. The number of halogens is 2. The van der Waals surface area contributed by atoms with Crippen LogP contribution in [-0.4, -0.2) is 46.5 Å². The number of carbonyl (C=O) groups is 2. The van der Waals surface area contributed by atoms with Crippen molar-refractivity contribution in [3.63, 3.8) is 0 Å². The molecule has 1 saturated carbocycles. The monoisotopic (exact) mass is 404 g/mol. The summed E-state index contributed by atoms with van der Waals surface area (Å²) >= 11 is 0. The number of rotatable bonds is 2. The summed E-state index contributed by atoms with van der Waals surface area (Å²) in [6, 6.07) is 3.08. The molecule has 3 heterocycles. The maximum Gasteiger partial charge on any atom is 0.257 e. The second kappa shape index (κ2) is 7.04. The van der Waals surface area contributed by atoms with Gasteiger partial charge in [-0.2, -0.15) is 0 Å². The van der Waals surface area contributed by atoms with Gasteiger partial charge in [0.15, 0.2) is 5.60 Å². The van der Waals surface area contributed by atoms with Crippen molar-refractivity contribution in [2.45, 2.75) is 69.2 Å². The zero-order chi connectivity index (χ0) is 20.2. The number of amides is 2. The molecule has 1 aromatic rings. The average Bonchev–Trinajstić information content (AvgIpc) is 3.41. The van der Waals surface area contributed by atoms with Crippen LogP contribution in [0.5, 0.6) is 0 Å². The lowest BCUT2D eigenvalue weighted by Crippen LogP contribution is -2.52. The van der Waals surface area contributed by atoms with Gasteiger partial charge in [-0.15, -0.1) is 0 Å². The first kappa shape index (κ1) is 19.0. The number of carbonyl (C=O) groups excluding carboxylic acids is 2. The predicted molar refractivity (Wildman–Crippen MR) is 101 cm³/mol. The number of hydrogen-bond acceptors (Lipinski definition) is 3. The van der Waals surface area contributed by atoms with Crippen LogP contribution in [0.1, 0.15) is 63.0 Å². The van der Waals surface area contributed by atoms with E-state index in [1.54, 1.807) is 4.90 Å². The molecule has 7 heteroatoms. The molecule has 1 aliphatic carbocycles. The zero-order valence-electron chi connectivity index (χ0n) is 16.4. The molecular formula is C22H26F2N2O3. The highest BCUT2D eigenvalue weighted by Crippen LogP contribution is 2.48. The molecule has 0 N–H and O–H groups in total. The number of piperidine rings is 1.